The number of hydrogen-bond acceptors (Lipinski definition) is 1. The van der Waals surface area contributed by atoms with Gasteiger partial charge < -0.3 is 5.32 Å². The highest BCUT2D eigenvalue weighted by Crippen LogP contribution is 2.42. The number of fused-ring (bicyclic) bond motifs is 2. The molecule has 1 aromatic carbocycles. The zero-order chi connectivity index (χ0) is 11.2. The first kappa shape index (κ1) is 10.2. The lowest BCUT2D eigenvalue weighted by molar-refractivity contribution is -0.119. The van der Waals surface area contributed by atoms with Gasteiger partial charge in [0.1, 0.15) is 0 Å². The van der Waals surface area contributed by atoms with Crippen LogP contribution in [0.5, 0.6) is 0 Å². The summed E-state index contributed by atoms with van der Waals surface area (Å²) in [6, 6.07) is 6.11. The van der Waals surface area contributed by atoms with Crippen molar-refractivity contribution in [3.8, 4) is 0 Å². The van der Waals surface area contributed by atoms with Crippen molar-refractivity contribution in [3.63, 3.8) is 0 Å². The summed E-state index contributed by atoms with van der Waals surface area (Å²) in [7, 11) is 0. The Balaban J connectivity index is 2.09. The first-order chi connectivity index (χ1) is 7.70. The minimum Gasteiger partial charge on any atom is -0.355 e. The normalized spacial score (nSPS) is 27.9. The standard InChI is InChI=1S/C13H14ClNO/c14-10-3-4-11-9(6-10)2-1-5-13(11)7-12(16)15-8-13/h3-4,6H,1-2,5,7-8H2,(H,15,16). The van der Waals surface area contributed by atoms with E-state index in [1.807, 2.05) is 6.07 Å². The Kier molecular flexibility index (Phi) is 2.21. The molecular formula is C13H14ClNO. The Morgan fingerprint density at radius 1 is 1.38 bits per heavy atom. The second kappa shape index (κ2) is 3.49. The molecule has 3 heteroatoms. The van der Waals surface area contributed by atoms with Gasteiger partial charge in [-0.1, -0.05) is 17.7 Å². The zero-order valence-electron chi connectivity index (χ0n) is 9.05. The number of carbonyl (C=O) groups is 1. The van der Waals surface area contributed by atoms with Crippen molar-refractivity contribution in [3.05, 3.63) is 34.3 Å². The SMILES string of the molecule is O=C1CC2(CCCc3cc(Cl)ccc32)CN1. The molecule has 1 aliphatic carbocycles. The number of carbonyl (C=O) groups excluding carboxylic acids is 1. The average Bonchev–Trinajstić information content (AvgIpc) is 2.61. The molecule has 1 atom stereocenters. The summed E-state index contributed by atoms with van der Waals surface area (Å²) in [4.78, 5) is 11.5. The van der Waals surface area contributed by atoms with Crippen molar-refractivity contribution in [2.24, 2.45) is 0 Å². The van der Waals surface area contributed by atoms with Crippen LogP contribution < -0.4 is 5.32 Å². The smallest absolute Gasteiger partial charge is 0.220 e. The molecule has 3 rings (SSSR count). The minimum atomic E-state index is 0.0508. The maximum atomic E-state index is 11.5. The predicted molar refractivity (Wildman–Crippen MR) is 63.7 cm³/mol. The molecule has 84 valence electrons. The van der Waals surface area contributed by atoms with Crippen LogP contribution in [0.3, 0.4) is 0 Å². The van der Waals surface area contributed by atoms with E-state index in [9.17, 15) is 4.79 Å². The van der Waals surface area contributed by atoms with Crippen LogP contribution in [0.2, 0.25) is 5.02 Å². The van der Waals surface area contributed by atoms with E-state index in [-0.39, 0.29) is 11.3 Å². The molecule has 1 aliphatic heterocycles. The highest BCUT2D eigenvalue weighted by Gasteiger charge is 2.42. The summed E-state index contributed by atoms with van der Waals surface area (Å²) in [6.07, 6.45) is 4.00. The van der Waals surface area contributed by atoms with E-state index in [2.05, 4.69) is 17.4 Å². The fourth-order valence-corrected chi connectivity index (χ4v) is 3.30. The van der Waals surface area contributed by atoms with Crippen LogP contribution in [-0.2, 0) is 16.6 Å². The molecule has 0 saturated carbocycles. The van der Waals surface area contributed by atoms with Crippen LogP contribution in [0.15, 0.2) is 18.2 Å². The van der Waals surface area contributed by atoms with Crippen LogP contribution in [-0.4, -0.2) is 12.5 Å². The van der Waals surface area contributed by atoms with Crippen LogP contribution >= 0.6 is 11.6 Å². The van der Waals surface area contributed by atoms with Gasteiger partial charge in [0.2, 0.25) is 5.91 Å². The molecule has 16 heavy (non-hydrogen) atoms. The van der Waals surface area contributed by atoms with Gasteiger partial charge in [0.25, 0.3) is 0 Å². The van der Waals surface area contributed by atoms with Gasteiger partial charge in [0.05, 0.1) is 0 Å². The Hall–Kier alpha value is -1.02. The summed E-state index contributed by atoms with van der Waals surface area (Å²) in [5.41, 5.74) is 2.71. The molecule has 2 aliphatic rings. The quantitative estimate of drug-likeness (QED) is 0.735. The predicted octanol–water partition coefficient (Wildman–Crippen LogP) is 2.43. The van der Waals surface area contributed by atoms with E-state index in [1.54, 1.807) is 0 Å². The van der Waals surface area contributed by atoms with Crippen LogP contribution in [0, 0.1) is 0 Å². The summed E-state index contributed by atoms with van der Waals surface area (Å²) < 4.78 is 0. The van der Waals surface area contributed by atoms with Crippen molar-refractivity contribution in [2.45, 2.75) is 31.1 Å². The van der Waals surface area contributed by atoms with Gasteiger partial charge in [-0.15, -0.1) is 0 Å². The highest BCUT2D eigenvalue weighted by molar-refractivity contribution is 6.30. The highest BCUT2D eigenvalue weighted by atomic mass is 35.5. The average molecular weight is 236 g/mol. The number of hydrogen-bond donors (Lipinski definition) is 1. The molecular weight excluding hydrogens is 222 g/mol. The second-order valence-corrected chi connectivity index (χ2v) is 5.33. The van der Waals surface area contributed by atoms with Gasteiger partial charge in [0.15, 0.2) is 0 Å². The van der Waals surface area contributed by atoms with E-state index in [4.69, 9.17) is 11.6 Å². The minimum absolute atomic E-state index is 0.0508. The molecule has 2 nitrogen and oxygen atoms in total. The molecule has 1 unspecified atom stereocenters. The number of rotatable bonds is 0. The summed E-state index contributed by atoms with van der Waals surface area (Å²) >= 11 is 6.02. The monoisotopic (exact) mass is 235 g/mol. The maximum absolute atomic E-state index is 11.5. The molecule has 0 bridgehead atoms. The Morgan fingerprint density at radius 3 is 3.00 bits per heavy atom. The summed E-state index contributed by atoms with van der Waals surface area (Å²) in [6.45, 7) is 0.792. The molecule has 0 radical (unpaired) electrons. The number of aryl methyl sites for hydroxylation is 1. The lowest BCUT2D eigenvalue weighted by atomic mass is 9.69. The number of benzene rings is 1. The van der Waals surface area contributed by atoms with Crippen molar-refractivity contribution < 1.29 is 4.79 Å². The maximum Gasteiger partial charge on any atom is 0.220 e. The van der Waals surface area contributed by atoms with Gasteiger partial charge >= 0.3 is 0 Å². The molecule has 1 fully saturated rings. The third kappa shape index (κ3) is 1.44. The van der Waals surface area contributed by atoms with Crippen LogP contribution in [0.4, 0.5) is 0 Å². The van der Waals surface area contributed by atoms with E-state index in [1.165, 1.54) is 11.1 Å². The molecule has 0 aromatic heterocycles. The van der Waals surface area contributed by atoms with E-state index in [0.29, 0.717) is 6.42 Å². The summed E-state index contributed by atoms with van der Waals surface area (Å²) in [5.74, 6) is 0.183. The van der Waals surface area contributed by atoms with Crippen molar-refractivity contribution in [1.82, 2.24) is 5.32 Å². The Bertz CT molecular complexity index is 457. The van der Waals surface area contributed by atoms with E-state index in [0.717, 1.165) is 30.8 Å². The molecule has 1 aromatic rings. The molecule has 1 amide bonds. The van der Waals surface area contributed by atoms with Crippen molar-refractivity contribution >= 4 is 17.5 Å². The van der Waals surface area contributed by atoms with Crippen LogP contribution in [0.25, 0.3) is 0 Å². The van der Waals surface area contributed by atoms with Gasteiger partial charge in [-0.05, 0) is 42.5 Å². The van der Waals surface area contributed by atoms with E-state index >= 15 is 0 Å². The lowest BCUT2D eigenvalue weighted by Crippen LogP contribution is -2.33. The van der Waals surface area contributed by atoms with E-state index < -0.39 is 0 Å². The molecule has 1 heterocycles. The molecule has 1 spiro atoms. The van der Waals surface area contributed by atoms with Gasteiger partial charge in [-0.2, -0.15) is 0 Å². The number of halogens is 1. The van der Waals surface area contributed by atoms with Crippen LogP contribution in [0.1, 0.15) is 30.4 Å². The van der Waals surface area contributed by atoms with Crippen molar-refractivity contribution in [2.75, 3.05) is 6.54 Å². The first-order valence-corrected chi connectivity index (χ1v) is 6.13. The Labute approximate surface area is 100.0 Å². The van der Waals surface area contributed by atoms with Gasteiger partial charge in [-0.25, -0.2) is 0 Å². The van der Waals surface area contributed by atoms with Gasteiger partial charge in [-0.3, -0.25) is 4.79 Å². The third-order valence-electron chi connectivity index (χ3n) is 3.86. The molecule has 1 N–H and O–H groups in total. The van der Waals surface area contributed by atoms with Crippen molar-refractivity contribution in [1.29, 1.82) is 0 Å². The lowest BCUT2D eigenvalue weighted by Gasteiger charge is -2.34. The fraction of sp³-hybridized carbons (Fsp3) is 0.462. The zero-order valence-corrected chi connectivity index (χ0v) is 9.81. The second-order valence-electron chi connectivity index (χ2n) is 4.89. The number of nitrogens with one attached hydrogen (secondary N) is 1. The molecule has 1 saturated heterocycles. The number of amides is 1. The fourth-order valence-electron chi connectivity index (χ4n) is 3.11. The largest absolute Gasteiger partial charge is 0.355 e. The summed E-state index contributed by atoms with van der Waals surface area (Å²) in [5, 5.41) is 3.76. The third-order valence-corrected chi connectivity index (χ3v) is 4.10. The topological polar surface area (TPSA) is 29.1 Å². The first-order valence-electron chi connectivity index (χ1n) is 5.75. The van der Waals surface area contributed by atoms with Gasteiger partial charge in [0, 0.05) is 23.4 Å². The Morgan fingerprint density at radius 2 is 2.25 bits per heavy atom.